The monoisotopic (exact) mass is 503 g/mol. The normalized spacial score (nSPS) is 18.8. The third kappa shape index (κ3) is 8.34. The molecule has 9 heteroatoms. The minimum Gasteiger partial charge on any atom is -0.492 e. The predicted molar refractivity (Wildman–Crippen MR) is 132 cm³/mol. The van der Waals surface area contributed by atoms with E-state index in [-0.39, 0.29) is 49.1 Å². The van der Waals surface area contributed by atoms with Crippen molar-refractivity contribution in [2.24, 2.45) is 5.41 Å². The third-order valence-electron chi connectivity index (χ3n) is 5.64. The van der Waals surface area contributed by atoms with Crippen LogP contribution in [0.2, 0.25) is 5.02 Å². The number of carbonyl (C=O) groups is 1. The Hall–Kier alpha value is -0.950. The fourth-order valence-corrected chi connectivity index (χ4v) is 5.81. The smallest absolute Gasteiger partial charge is 0.338 e. The number of rotatable bonds is 13. The molecule has 0 fully saturated rings. The van der Waals surface area contributed by atoms with Gasteiger partial charge in [0.15, 0.2) is 0 Å². The Morgan fingerprint density at radius 2 is 1.85 bits per heavy atom. The molecule has 0 spiro atoms. The van der Waals surface area contributed by atoms with Crippen molar-refractivity contribution in [2.45, 2.75) is 66.0 Å². The summed E-state index contributed by atoms with van der Waals surface area (Å²) in [4.78, 5) is 13.0. The SMILES string of the molecule is CCOP(=O)(CC(=O)CC1NC(C(C)(C)C)Cc2cc(OCCCOC)c(Cl)cc21)OCC. The van der Waals surface area contributed by atoms with Crippen molar-refractivity contribution in [3.05, 3.63) is 28.3 Å². The van der Waals surface area contributed by atoms with E-state index >= 15 is 0 Å². The minimum atomic E-state index is -3.44. The zero-order chi connectivity index (χ0) is 24.6. The number of ether oxygens (including phenoxy) is 2. The number of methoxy groups -OCH3 is 1. The molecule has 0 radical (unpaired) electrons. The minimum absolute atomic E-state index is 0.0238. The van der Waals surface area contributed by atoms with Gasteiger partial charge in [-0.2, -0.15) is 0 Å². The molecule has 2 rings (SSSR count). The van der Waals surface area contributed by atoms with Gasteiger partial charge in [0, 0.05) is 38.6 Å². The summed E-state index contributed by atoms with van der Waals surface area (Å²) in [6, 6.07) is 3.78. The lowest BCUT2D eigenvalue weighted by Crippen LogP contribution is -2.47. The van der Waals surface area contributed by atoms with Gasteiger partial charge in [-0.05, 0) is 48.9 Å². The molecule has 0 aromatic heterocycles. The van der Waals surface area contributed by atoms with E-state index in [4.69, 9.17) is 30.1 Å². The molecular weight excluding hydrogens is 465 g/mol. The largest absolute Gasteiger partial charge is 0.492 e. The van der Waals surface area contributed by atoms with Crippen LogP contribution in [0.1, 0.15) is 64.6 Å². The highest BCUT2D eigenvalue weighted by atomic mass is 35.5. The summed E-state index contributed by atoms with van der Waals surface area (Å²) in [7, 11) is -1.78. The Morgan fingerprint density at radius 3 is 2.42 bits per heavy atom. The van der Waals surface area contributed by atoms with Crippen molar-refractivity contribution in [3.63, 3.8) is 0 Å². The quantitative estimate of drug-likeness (QED) is 0.278. The summed E-state index contributed by atoms with van der Waals surface area (Å²) in [6.07, 6.45) is 1.50. The van der Waals surface area contributed by atoms with Crippen LogP contribution in [0.15, 0.2) is 12.1 Å². The molecule has 7 nitrogen and oxygen atoms in total. The van der Waals surface area contributed by atoms with Crippen LogP contribution in [0.5, 0.6) is 5.75 Å². The number of hydrogen-bond donors (Lipinski definition) is 1. The zero-order valence-corrected chi connectivity index (χ0v) is 22.4. The van der Waals surface area contributed by atoms with Crippen molar-refractivity contribution >= 4 is 25.0 Å². The Balaban J connectivity index is 2.26. The molecule has 1 aliphatic rings. The van der Waals surface area contributed by atoms with Crippen molar-refractivity contribution in [3.8, 4) is 5.75 Å². The van der Waals surface area contributed by atoms with E-state index in [0.29, 0.717) is 24.0 Å². The van der Waals surface area contributed by atoms with Gasteiger partial charge < -0.3 is 23.8 Å². The van der Waals surface area contributed by atoms with Crippen LogP contribution in [0.25, 0.3) is 0 Å². The highest BCUT2D eigenvalue weighted by Gasteiger charge is 2.36. The first-order valence-corrected chi connectivity index (χ1v) is 13.7. The van der Waals surface area contributed by atoms with Gasteiger partial charge in [0.1, 0.15) is 17.7 Å². The second-order valence-corrected chi connectivity index (χ2v) is 11.8. The van der Waals surface area contributed by atoms with Crippen molar-refractivity contribution < 1.29 is 27.9 Å². The molecule has 2 atom stereocenters. The number of carbonyl (C=O) groups excluding carboxylic acids is 1. The van der Waals surface area contributed by atoms with E-state index < -0.39 is 7.60 Å². The second-order valence-electron chi connectivity index (χ2n) is 9.37. The number of hydrogen-bond acceptors (Lipinski definition) is 7. The van der Waals surface area contributed by atoms with Crippen LogP contribution in [0.3, 0.4) is 0 Å². The zero-order valence-electron chi connectivity index (χ0n) is 20.7. The third-order valence-corrected chi connectivity index (χ3v) is 7.98. The van der Waals surface area contributed by atoms with E-state index in [1.54, 1.807) is 21.0 Å². The van der Waals surface area contributed by atoms with Crippen LogP contribution in [0, 0.1) is 5.41 Å². The van der Waals surface area contributed by atoms with Crippen LogP contribution < -0.4 is 10.1 Å². The fourth-order valence-electron chi connectivity index (χ4n) is 3.97. The molecule has 0 saturated carbocycles. The van der Waals surface area contributed by atoms with Crippen LogP contribution >= 0.6 is 19.2 Å². The fraction of sp³-hybridized carbons (Fsp3) is 0.708. The summed E-state index contributed by atoms with van der Waals surface area (Å²) < 4.78 is 34.4. The average molecular weight is 504 g/mol. The van der Waals surface area contributed by atoms with Gasteiger partial charge in [-0.15, -0.1) is 0 Å². The maximum Gasteiger partial charge on any atom is 0.338 e. The van der Waals surface area contributed by atoms with E-state index in [9.17, 15) is 9.36 Å². The van der Waals surface area contributed by atoms with E-state index in [1.807, 2.05) is 12.1 Å². The standard InChI is InChI=1S/C24H39ClNO6P/c1-7-31-33(28,32-8-2)16-18(27)14-21-19-15-20(25)22(30-11-9-10-29-6)12-17(19)13-23(26-21)24(3,4)5/h12,15,21,23,26H,7-11,13-14,16H2,1-6H3. The van der Waals surface area contributed by atoms with Crippen LogP contribution in [-0.2, 0) is 29.6 Å². The lowest BCUT2D eigenvalue weighted by Gasteiger charge is -2.40. The van der Waals surface area contributed by atoms with Crippen molar-refractivity contribution in [2.75, 3.05) is 39.7 Å². The molecule has 0 amide bonds. The molecule has 188 valence electrons. The number of halogens is 1. The molecule has 0 saturated heterocycles. The molecule has 2 unspecified atom stereocenters. The molecule has 1 N–H and O–H groups in total. The molecule has 1 heterocycles. The van der Waals surface area contributed by atoms with Gasteiger partial charge in [0.05, 0.1) is 24.8 Å². The number of fused-ring (bicyclic) bond motifs is 1. The summed E-state index contributed by atoms with van der Waals surface area (Å²) in [5, 5.41) is 4.14. The average Bonchev–Trinajstić information content (AvgIpc) is 2.71. The molecular formula is C24H39ClNO6P. The Kier molecular flexibility index (Phi) is 10.9. The molecule has 1 aliphatic heterocycles. The van der Waals surface area contributed by atoms with Crippen molar-refractivity contribution in [1.82, 2.24) is 5.32 Å². The van der Waals surface area contributed by atoms with Crippen molar-refractivity contribution in [1.29, 1.82) is 0 Å². The molecule has 33 heavy (non-hydrogen) atoms. The maximum atomic E-state index is 13.0. The summed E-state index contributed by atoms with van der Waals surface area (Å²) in [5.41, 5.74) is 2.06. The first kappa shape index (κ1) is 28.3. The highest BCUT2D eigenvalue weighted by Crippen LogP contribution is 2.48. The van der Waals surface area contributed by atoms with E-state index in [1.165, 1.54) is 0 Å². The lowest BCUT2D eigenvalue weighted by molar-refractivity contribution is -0.117. The topological polar surface area (TPSA) is 83.1 Å². The van der Waals surface area contributed by atoms with E-state index in [0.717, 1.165) is 24.0 Å². The Morgan fingerprint density at radius 1 is 1.18 bits per heavy atom. The lowest BCUT2D eigenvalue weighted by atomic mass is 9.77. The van der Waals surface area contributed by atoms with Gasteiger partial charge in [0.25, 0.3) is 0 Å². The Bertz CT molecular complexity index is 831. The highest BCUT2D eigenvalue weighted by molar-refractivity contribution is 7.54. The number of benzene rings is 1. The first-order valence-electron chi connectivity index (χ1n) is 11.6. The number of ketones is 1. The van der Waals surface area contributed by atoms with Gasteiger partial charge in [-0.3, -0.25) is 9.36 Å². The van der Waals surface area contributed by atoms with Gasteiger partial charge >= 0.3 is 7.60 Å². The van der Waals surface area contributed by atoms with Crippen LogP contribution in [-0.4, -0.2) is 51.5 Å². The predicted octanol–water partition coefficient (Wildman–Crippen LogP) is 5.58. The van der Waals surface area contributed by atoms with Gasteiger partial charge in [-0.1, -0.05) is 32.4 Å². The molecule has 0 aliphatic carbocycles. The Labute approximate surface area is 203 Å². The van der Waals surface area contributed by atoms with E-state index in [2.05, 4.69) is 26.1 Å². The summed E-state index contributed by atoms with van der Waals surface area (Å²) in [5.74, 6) is 0.470. The molecule has 0 bridgehead atoms. The first-order chi connectivity index (χ1) is 15.5. The molecule has 1 aromatic rings. The van der Waals surface area contributed by atoms with Gasteiger partial charge in [-0.25, -0.2) is 0 Å². The molecule has 1 aromatic carbocycles. The van der Waals surface area contributed by atoms with Gasteiger partial charge in [0.2, 0.25) is 0 Å². The van der Waals surface area contributed by atoms with Crippen LogP contribution in [0.4, 0.5) is 0 Å². The maximum absolute atomic E-state index is 13.0. The second kappa shape index (κ2) is 12.7. The number of nitrogens with one attached hydrogen (secondary N) is 1. The summed E-state index contributed by atoms with van der Waals surface area (Å²) >= 11 is 6.54. The summed E-state index contributed by atoms with van der Waals surface area (Å²) in [6.45, 7) is 11.6. The number of Topliss-reactive ketones (excluding diaryl/α,β-unsaturated/α-hetero) is 1.